The zero-order chi connectivity index (χ0) is 25.8. The van der Waals surface area contributed by atoms with Crippen LogP contribution in [0.15, 0.2) is 36.4 Å². The molecule has 0 radical (unpaired) electrons. The predicted octanol–water partition coefficient (Wildman–Crippen LogP) is 6.32. The highest BCUT2D eigenvalue weighted by Crippen LogP contribution is 2.41. The topological polar surface area (TPSA) is 71.1 Å². The molecule has 1 N–H and O–H groups in total. The van der Waals surface area contributed by atoms with E-state index in [1.165, 1.54) is 18.2 Å². The van der Waals surface area contributed by atoms with Gasteiger partial charge in [0.05, 0.1) is 26.5 Å². The van der Waals surface area contributed by atoms with Crippen LogP contribution in [0, 0.1) is 18.6 Å². The maximum atomic E-state index is 13.9. The standard InChI is InChI=1S/C24H19F5N4O2S/c1-12-30-19(20(36-12)13-8-14(25)10-15(26)9-13)21(34)33-7-3-6-23(33,2)22-31-17-5-4-16(11-18(17)32-22)35-24(27,28)29/h4-5,8-11H,3,6-7H2,1-2H3,(H,31,32). The number of thiazole rings is 1. The molecule has 1 unspecified atom stereocenters. The molecule has 188 valence electrons. The fraction of sp³-hybridized carbons (Fsp3) is 0.292. The number of nitrogens with one attached hydrogen (secondary N) is 1. The molecule has 2 aromatic heterocycles. The van der Waals surface area contributed by atoms with Crippen LogP contribution in [0.4, 0.5) is 22.0 Å². The van der Waals surface area contributed by atoms with Gasteiger partial charge in [-0.1, -0.05) is 0 Å². The van der Waals surface area contributed by atoms with Gasteiger partial charge in [0.2, 0.25) is 0 Å². The van der Waals surface area contributed by atoms with Gasteiger partial charge in [0.15, 0.2) is 0 Å². The van der Waals surface area contributed by atoms with Crippen molar-refractivity contribution in [2.45, 2.75) is 38.6 Å². The monoisotopic (exact) mass is 522 g/mol. The van der Waals surface area contributed by atoms with Crippen molar-refractivity contribution in [2.75, 3.05) is 6.54 Å². The lowest BCUT2D eigenvalue weighted by molar-refractivity contribution is -0.274. The number of hydrogen-bond acceptors (Lipinski definition) is 5. The summed E-state index contributed by atoms with van der Waals surface area (Å²) in [5.74, 6) is -1.95. The number of fused-ring (bicyclic) bond motifs is 1. The van der Waals surface area contributed by atoms with Gasteiger partial charge in [-0.3, -0.25) is 4.79 Å². The minimum atomic E-state index is -4.83. The first kappa shape index (κ1) is 24.2. The molecule has 6 nitrogen and oxygen atoms in total. The largest absolute Gasteiger partial charge is 0.573 e. The molecule has 1 fully saturated rings. The van der Waals surface area contributed by atoms with Crippen LogP contribution in [-0.4, -0.2) is 38.7 Å². The van der Waals surface area contributed by atoms with Gasteiger partial charge < -0.3 is 14.6 Å². The van der Waals surface area contributed by atoms with Gasteiger partial charge in [-0.2, -0.15) is 0 Å². The second kappa shape index (κ2) is 8.54. The van der Waals surface area contributed by atoms with Crippen molar-refractivity contribution in [2.24, 2.45) is 0 Å². The minimum Gasteiger partial charge on any atom is -0.406 e. The summed E-state index contributed by atoms with van der Waals surface area (Å²) in [4.78, 5) is 27.6. The predicted molar refractivity (Wildman–Crippen MR) is 123 cm³/mol. The second-order valence-corrected chi connectivity index (χ2v) is 9.92. The van der Waals surface area contributed by atoms with Gasteiger partial charge in [-0.25, -0.2) is 18.7 Å². The molecule has 1 aliphatic rings. The van der Waals surface area contributed by atoms with Crippen LogP contribution in [0.5, 0.6) is 5.75 Å². The summed E-state index contributed by atoms with van der Waals surface area (Å²) in [5, 5.41) is 0.555. The van der Waals surface area contributed by atoms with E-state index in [0.717, 1.165) is 29.5 Å². The molecular formula is C24H19F5N4O2S. The fourth-order valence-electron chi connectivity index (χ4n) is 4.56. The molecule has 12 heteroatoms. The lowest BCUT2D eigenvalue weighted by atomic mass is 9.97. The van der Waals surface area contributed by atoms with Crippen molar-refractivity contribution in [1.82, 2.24) is 19.9 Å². The third-order valence-corrected chi connectivity index (χ3v) is 7.16. The van der Waals surface area contributed by atoms with Gasteiger partial charge in [0.1, 0.15) is 28.9 Å². The first-order chi connectivity index (χ1) is 16.9. The number of benzene rings is 2. The second-order valence-electron chi connectivity index (χ2n) is 8.72. The molecule has 0 spiro atoms. The highest BCUT2D eigenvalue weighted by atomic mass is 32.1. The van der Waals surface area contributed by atoms with Gasteiger partial charge in [-0.05, 0) is 56.5 Å². The summed E-state index contributed by atoms with van der Waals surface area (Å²) >= 11 is 1.16. The first-order valence-corrected chi connectivity index (χ1v) is 11.8. The quantitative estimate of drug-likeness (QED) is 0.318. The van der Waals surface area contributed by atoms with E-state index in [1.54, 1.807) is 11.8 Å². The average molecular weight is 522 g/mol. The zero-order valence-corrected chi connectivity index (χ0v) is 19.9. The van der Waals surface area contributed by atoms with Crippen molar-refractivity contribution >= 4 is 28.3 Å². The molecule has 5 rings (SSSR count). The number of amides is 1. The highest BCUT2D eigenvalue weighted by molar-refractivity contribution is 7.15. The van der Waals surface area contributed by atoms with Crippen LogP contribution in [0.3, 0.4) is 0 Å². The minimum absolute atomic E-state index is 0.0765. The molecular weight excluding hydrogens is 503 g/mol. The Morgan fingerprint density at radius 3 is 2.56 bits per heavy atom. The number of carbonyl (C=O) groups excluding carboxylic acids is 1. The number of carbonyl (C=O) groups is 1. The van der Waals surface area contributed by atoms with E-state index in [4.69, 9.17) is 0 Å². The number of halogens is 5. The molecule has 4 aromatic rings. The summed E-state index contributed by atoms with van der Waals surface area (Å²) in [7, 11) is 0. The van der Waals surface area contributed by atoms with Gasteiger partial charge in [0, 0.05) is 18.7 Å². The summed E-state index contributed by atoms with van der Waals surface area (Å²) < 4.78 is 69.6. The number of likely N-dealkylation sites (tertiary alicyclic amines) is 1. The van der Waals surface area contributed by atoms with E-state index < -0.39 is 29.4 Å². The van der Waals surface area contributed by atoms with Crippen LogP contribution in [0.25, 0.3) is 21.5 Å². The molecule has 1 saturated heterocycles. The first-order valence-electron chi connectivity index (χ1n) is 10.9. The Hall–Kier alpha value is -3.54. The lowest BCUT2D eigenvalue weighted by Gasteiger charge is -2.33. The molecule has 3 heterocycles. The molecule has 1 amide bonds. The number of aromatic nitrogens is 3. The normalized spacial score (nSPS) is 18.2. The van der Waals surface area contributed by atoms with Gasteiger partial charge in [-0.15, -0.1) is 24.5 Å². The van der Waals surface area contributed by atoms with E-state index in [1.807, 2.05) is 6.92 Å². The molecule has 1 atom stereocenters. The molecule has 2 aromatic carbocycles. The molecule has 0 bridgehead atoms. The van der Waals surface area contributed by atoms with E-state index in [0.29, 0.717) is 46.1 Å². The summed E-state index contributed by atoms with van der Waals surface area (Å²) in [6, 6.07) is 6.82. The van der Waals surface area contributed by atoms with Crippen molar-refractivity contribution in [3.8, 4) is 16.2 Å². The number of aromatic amines is 1. The van der Waals surface area contributed by atoms with E-state index in [2.05, 4.69) is 19.7 Å². The number of alkyl halides is 3. The van der Waals surface area contributed by atoms with Crippen molar-refractivity contribution in [1.29, 1.82) is 0 Å². The Labute approximate surface area is 205 Å². The Morgan fingerprint density at radius 2 is 1.86 bits per heavy atom. The van der Waals surface area contributed by atoms with Gasteiger partial charge in [0.25, 0.3) is 5.91 Å². The van der Waals surface area contributed by atoms with Gasteiger partial charge >= 0.3 is 6.36 Å². The number of imidazole rings is 1. The highest BCUT2D eigenvalue weighted by Gasteiger charge is 2.45. The third kappa shape index (κ3) is 4.41. The maximum absolute atomic E-state index is 13.9. The van der Waals surface area contributed by atoms with Crippen molar-refractivity contribution in [3.63, 3.8) is 0 Å². The van der Waals surface area contributed by atoms with Crippen LogP contribution in [0.1, 0.15) is 41.1 Å². The fourth-order valence-corrected chi connectivity index (χ4v) is 5.45. The Balaban J connectivity index is 1.51. The molecule has 0 aliphatic carbocycles. The van der Waals surface area contributed by atoms with E-state index >= 15 is 0 Å². The van der Waals surface area contributed by atoms with Crippen molar-refractivity contribution < 1.29 is 31.5 Å². The Morgan fingerprint density at radius 1 is 1.14 bits per heavy atom. The third-order valence-electron chi connectivity index (χ3n) is 6.14. The van der Waals surface area contributed by atoms with Crippen LogP contribution in [0.2, 0.25) is 0 Å². The summed E-state index contributed by atoms with van der Waals surface area (Å²) in [5.41, 5.74) is 0.118. The number of H-pyrrole nitrogens is 1. The number of nitrogens with zero attached hydrogens (tertiary/aromatic N) is 3. The summed E-state index contributed by atoms with van der Waals surface area (Å²) in [6.45, 7) is 3.88. The number of ether oxygens (including phenoxy) is 1. The molecule has 1 aliphatic heterocycles. The Kier molecular flexibility index (Phi) is 5.73. The van der Waals surface area contributed by atoms with Crippen LogP contribution >= 0.6 is 11.3 Å². The Bertz CT molecular complexity index is 1460. The molecule has 36 heavy (non-hydrogen) atoms. The number of hydrogen-bond donors (Lipinski definition) is 1. The lowest BCUT2D eigenvalue weighted by Crippen LogP contribution is -2.44. The van der Waals surface area contributed by atoms with Crippen LogP contribution < -0.4 is 4.74 Å². The van der Waals surface area contributed by atoms with E-state index in [-0.39, 0.29) is 17.0 Å². The molecule has 0 saturated carbocycles. The number of aryl methyl sites for hydroxylation is 1. The zero-order valence-electron chi connectivity index (χ0n) is 19.0. The SMILES string of the molecule is Cc1nc(C(=O)N2CCCC2(C)c2nc3ccc(OC(F)(F)F)cc3[nH]2)c(-c2cc(F)cc(F)c2)s1. The smallest absolute Gasteiger partial charge is 0.406 e. The van der Waals surface area contributed by atoms with Crippen LogP contribution in [-0.2, 0) is 5.54 Å². The van der Waals surface area contributed by atoms with E-state index in [9.17, 15) is 26.7 Å². The number of rotatable bonds is 4. The summed E-state index contributed by atoms with van der Waals surface area (Å²) in [6.07, 6.45) is -3.64. The maximum Gasteiger partial charge on any atom is 0.573 e. The average Bonchev–Trinajstić information content (AvgIpc) is 3.48. The van der Waals surface area contributed by atoms with Crippen molar-refractivity contribution in [3.05, 3.63) is 64.6 Å².